The summed E-state index contributed by atoms with van der Waals surface area (Å²) in [6.45, 7) is 9.45. The molecule has 0 spiro atoms. The van der Waals surface area contributed by atoms with Gasteiger partial charge in [0.2, 0.25) is 0 Å². The van der Waals surface area contributed by atoms with Gasteiger partial charge in [-0.25, -0.2) is 0 Å². The van der Waals surface area contributed by atoms with Crippen molar-refractivity contribution in [2.24, 2.45) is 11.8 Å². The average molecular weight is 251 g/mol. The molecule has 0 amide bonds. The first-order valence-corrected chi connectivity index (χ1v) is 6.92. The third-order valence-corrected chi connectivity index (χ3v) is 4.18. The van der Waals surface area contributed by atoms with E-state index in [2.05, 4.69) is 18.3 Å². The second-order valence-electron chi connectivity index (χ2n) is 6.24. The molecule has 0 radical (unpaired) electrons. The predicted octanol–water partition coefficient (Wildman–Crippen LogP) is 2.90. The van der Waals surface area contributed by atoms with Crippen molar-refractivity contribution < 1.29 is 9.52 Å². The summed E-state index contributed by atoms with van der Waals surface area (Å²) in [6.07, 6.45) is 1.25. The summed E-state index contributed by atoms with van der Waals surface area (Å²) in [4.78, 5) is 0. The van der Waals surface area contributed by atoms with Gasteiger partial charge in [0, 0.05) is 12.5 Å². The van der Waals surface area contributed by atoms with E-state index in [9.17, 15) is 5.11 Å². The van der Waals surface area contributed by atoms with Gasteiger partial charge in [-0.1, -0.05) is 20.8 Å². The Balaban J connectivity index is 1.78. The fourth-order valence-corrected chi connectivity index (χ4v) is 2.05. The fourth-order valence-electron chi connectivity index (χ4n) is 2.05. The summed E-state index contributed by atoms with van der Waals surface area (Å²) < 4.78 is 5.81. The zero-order valence-electron chi connectivity index (χ0n) is 11.9. The van der Waals surface area contributed by atoms with Crippen molar-refractivity contribution in [3.63, 3.8) is 0 Å². The molecule has 0 aliphatic heterocycles. The molecule has 102 valence electrons. The van der Waals surface area contributed by atoms with E-state index in [-0.39, 0.29) is 5.92 Å². The Hall–Kier alpha value is -0.800. The van der Waals surface area contributed by atoms with Crippen molar-refractivity contribution in [2.75, 3.05) is 6.54 Å². The third-order valence-electron chi connectivity index (χ3n) is 4.18. The van der Waals surface area contributed by atoms with Crippen molar-refractivity contribution in [1.82, 2.24) is 5.32 Å². The Bertz CT molecular complexity index is 395. The van der Waals surface area contributed by atoms with Crippen LogP contribution in [0.2, 0.25) is 0 Å². The number of hydrogen-bond donors (Lipinski definition) is 2. The molecule has 1 aromatic rings. The molecule has 3 heteroatoms. The fraction of sp³-hybridized carbons (Fsp3) is 0.733. The van der Waals surface area contributed by atoms with E-state index in [1.165, 1.54) is 6.42 Å². The third kappa shape index (κ3) is 3.15. The van der Waals surface area contributed by atoms with Crippen molar-refractivity contribution >= 4 is 0 Å². The number of furan rings is 1. The molecular formula is C15H25NO2. The molecule has 1 fully saturated rings. The molecule has 1 heterocycles. The second kappa shape index (κ2) is 5.06. The van der Waals surface area contributed by atoms with Crippen LogP contribution in [-0.2, 0) is 6.54 Å². The van der Waals surface area contributed by atoms with Crippen LogP contribution in [0.4, 0.5) is 0 Å². The summed E-state index contributed by atoms with van der Waals surface area (Å²) in [5, 5.41) is 13.4. The molecule has 2 N–H and O–H groups in total. The largest absolute Gasteiger partial charge is 0.464 e. The minimum absolute atomic E-state index is 0.240. The van der Waals surface area contributed by atoms with Crippen LogP contribution in [0.1, 0.15) is 51.6 Å². The highest BCUT2D eigenvalue weighted by molar-refractivity contribution is 5.17. The minimum atomic E-state index is -0.666. The van der Waals surface area contributed by atoms with Gasteiger partial charge in [0.15, 0.2) is 0 Å². The van der Waals surface area contributed by atoms with E-state index in [1.807, 2.05) is 26.8 Å². The molecule has 1 aliphatic rings. The zero-order valence-corrected chi connectivity index (χ0v) is 11.9. The lowest BCUT2D eigenvalue weighted by Crippen LogP contribution is -2.41. The molecule has 18 heavy (non-hydrogen) atoms. The van der Waals surface area contributed by atoms with Crippen LogP contribution in [0, 0.1) is 11.8 Å². The first-order valence-electron chi connectivity index (χ1n) is 6.92. The van der Waals surface area contributed by atoms with Gasteiger partial charge in [-0.15, -0.1) is 0 Å². The van der Waals surface area contributed by atoms with E-state index in [4.69, 9.17) is 4.42 Å². The van der Waals surface area contributed by atoms with E-state index < -0.39 is 5.60 Å². The highest BCUT2D eigenvalue weighted by Crippen LogP contribution is 2.47. The quantitative estimate of drug-likeness (QED) is 0.817. The predicted molar refractivity (Wildman–Crippen MR) is 72.4 cm³/mol. The second-order valence-corrected chi connectivity index (χ2v) is 6.24. The van der Waals surface area contributed by atoms with Crippen LogP contribution in [-0.4, -0.2) is 17.3 Å². The normalized spacial score (nSPS) is 26.3. The van der Waals surface area contributed by atoms with Gasteiger partial charge in [0.25, 0.3) is 0 Å². The van der Waals surface area contributed by atoms with Crippen molar-refractivity contribution in [2.45, 2.75) is 52.2 Å². The van der Waals surface area contributed by atoms with Crippen LogP contribution in [0.5, 0.6) is 0 Å². The molecule has 2 rings (SSSR count). The summed E-state index contributed by atoms with van der Waals surface area (Å²) in [5.74, 6) is 3.74. The number of aliphatic hydroxyl groups is 1. The number of hydrogen-bond acceptors (Lipinski definition) is 3. The highest BCUT2D eigenvalue weighted by Gasteiger charge is 2.36. The topological polar surface area (TPSA) is 45.4 Å². The molecule has 3 nitrogen and oxygen atoms in total. The maximum atomic E-state index is 10.1. The maximum absolute atomic E-state index is 10.1. The van der Waals surface area contributed by atoms with Crippen LogP contribution >= 0.6 is 0 Å². The Morgan fingerprint density at radius 1 is 1.50 bits per heavy atom. The summed E-state index contributed by atoms with van der Waals surface area (Å²) in [7, 11) is 0. The lowest BCUT2D eigenvalue weighted by atomic mass is 9.92. The molecule has 1 saturated carbocycles. The average Bonchev–Trinajstić information content (AvgIpc) is 2.84. The van der Waals surface area contributed by atoms with Gasteiger partial charge < -0.3 is 14.8 Å². The van der Waals surface area contributed by atoms with Gasteiger partial charge in [0.05, 0.1) is 12.1 Å². The van der Waals surface area contributed by atoms with Crippen LogP contribution in [0.15, 0.2) is 16.5 Å². The van der Waals surface area contributed by atoms with Gasteiger partial charge in [-0.3, -0.25) is 0 Å². The van der Waals surface area contributed by atoms with Gasteiger partial charge >= 0.3 is 0 Å². The summed E-state index contributed by atoms with van der Waals surface area (Å²) in [6, 6.07) is 4.13. The Kier molecular flexibility index (Phi) is 3.83. The van der Waals surface area contributed by atoms with Gasteiger partial charge in [-0.2, -0.15) is 0 Å². The van der Waals surface area contributed by atoms with Crippen molar-refractivity contribution in [1.29, 1.82) is 0 Å². The van der Waals surface area contributed by atoms with Crippen molar-refractivity contribution in [3.8, 4) is 0 Å². The Morgan fingerprint density at radius 2 is 2.17 bits per heavy atom. The molecule has 0 aromatic carbocycles. The Labute approximate surface area is 110 Å². The zero-order chi connectivity index (χ0) is 13.3. The van der Waals surface area contributed by atoms with E-state index in [1.54, 1.807) is 0 Å². The maximum Gasteiger partial charge on any atom is 0.117 e. The van der Waals surface area contributed by atoms with E-state index in [0.29, 0.717) is 19.0 Å². The smallest absolute Gasteiger partial charge is 0.117 e. The minimum Gasteiger partial charge on any atom is -0.464 e. The SMILES string of the molecule is CC1CC1c1ccc(CNCC(C)(O)C(C)C)o1. The molecular weight excluding hydrogens is 226 g/mol. The van der Waals surface area contributed by atoms with Gasteiger partial charge in [-0.05, 0) is 37.3 Å². The first kappa shape index (κ1) is 13.6. The van der Waals surface area contributed by atoms with Crippen LogP contribution < -0.4 is 5.32 Å². The Morgan fingerprint density at radius 3 is 2.72 bits per heavy atom. The van der Waals surface area contributed by atoms with Crippen LogP contribution in [0.25, 0.3) is 0 Å². The molecule has 1 aromatic heterocycles. The molecule has 0 saturated heterocycles. The first-order chi connectivity index (χ1) is 8.40. The van der Waals surface area contributed by atoms with Gasteiger partial charge in [0.1, 0.15) is 11.5 Å². The van der Waals surface area contributed by atoms with Crippen molar-refractivity contribution in [3.05, 3.63) is 23.7 Å². The highest BCUT2D eigenvalue weighted by atomic mass is 16.3. The van der Waals surface area contributed by atoms with E-state index in [0.717, 1.165) is 17.4 Å². The summed E-state index contributed by atoms with van der Waals surface area (Å²) >= 11 is 0. The van der Waals surface area contributed by atoms with E-state index >= 15 is 0 Å². The lowest BCUT2D eigenvalue weighted by Gasteiger charge is -2.27. The number of nitrogens with one attached hydrogen (secondary N) is 1. The molecule has 1 aliphatic carbocycles. The molecule has 3 atom stereocenters. The number of rotatable bonds is 6. The lowest BCUT2D eigenvalue weighted by molar-refractivity contribution is 0.0136. The standard InChI is InChI=1S/C15H25NO2/c1-10(2)15(4,17)9-16-8-12-5-6-14(18-12)13-7-11(13)3/h5-6,10-11,13,16-17H,7-9H2,1-4H3. The van der Waals surface area contributed by atoms with Crippen LogP contribution in [0.3, 0.4) is 0 Å². The summed E-state index contributed by atoms with van der Waals surface area (Å²) in [5.41, 5.74) is -0.666. The molecule has 3 unspecified atom stereocenters. The molecule has 0 bridgehead atoms. The monoisotopic (exact) mass is 251 g/mol.